The van der Waals surface area contributed by atoms with Crippen LogP contribution in [0.5, 0.6) is 0 Å². The number of imide groups is 1. The lowest BCUT2D eigenvalue weighted by atomic mass is 10.2. The quantitative estimate of drug-likeness (QED) is 0.643. The predicted octanol–water partition coefficient (Wildman–Crippen LogP) is 1.74. The Hall–Kier alpha value is -1.71. The highest BCUT2D eigenvalue weighted by Gasteiger charge is 2.31. The lowest BCUT2D eigenvalue weighted by Crippen LogP contribution is -2.34. The molecule has 0 bridgehead atoms. The standard InChI is InChI=1S/C13H10Br2N4O3/c14-6-3-7-12(17-5-16-7)10(15)11(6)18-8-4-9(21)19(1-2-20)13(8)22/h3-5,18,20H,1-2H2,(H,16,17). The van der Waals surface area contributed by atoms with Gasteiger partial charge in [-0.3, -0.25) is 14.5 Å². The van der Waals surface area contributed by atoms with E-state index in [4.69, 9.17) is 5.11 Å². The number of carbonyl (C=O) groups excluding carboxylic acids is 2. The molecule has 0 saturated heterocycles. The van der Waals surface area contributed by atoms with Gasteiger partial charge in [0.15, 0.2) is 0 Å². The number of carbonyl (C=O) groups is 2. The van der Waals surface area contributed by atoms with Gasteiger partial charge in [-0.2, -0.15) is 0 Å². The van der Waals surface area contributed by atoms with Crippen LogP contribution in [0.25, 0.3) is 11.0 Å². The number of anilines is 1. The van der Waals surface area contributed by atoms with Gasteiger partial charge in [-0.15, -0.1) is 0 Å². The van der Waals surface area contributed by atoms with E-state index in [1.54, 1.807) is 6.33 Å². The molecule has 22 heavy (non-hydrogen) atoms. The van der Waals surface area contributed by atoms with Crippen LogP contribution in [0.1, 0.15) is 0 Å². The van der Waals surface area contributed by atoms with Gasteiger partial charge in [0.05, 0.1) is 35.2 Å². The number of imidazole rings is 1. The number of nitrogens with one attached hydrogen (secondary N) is 2. The summed E-state index contributed by atoms with van der Waals surface area (Å²) in [4.78, 5) is 32.1. The normalized spacial score (nSPS) is 14.9. The average molecular weight is 430 g/mol. The highest BCUT2D eigenvalue weighted by Crippen LogP contribution is 2.37. The first-order chi connectivity index (χ1) is 10.5. The Kier molecular flexibility index (Phi) is 4.02. The van der Waals surface area contributed by atoms with Crippen molar-refractivity contribution in [2.45, 2.75) is 0 Å². The van der Waals surface area contributed by atoms with Gasteiger partial charge in [0, 0.05) is 10.5 Å². The molecule has 2 aromatic rings. The smallest absolute Gasteiger partial charge is 0.277 e. The highest BCUT2D eigenvalue weighted by molar-refractivity contribution is 9.11. The number of β-amino-alcohol motifs (C(OH)–C–C–N with tert-alkyl or cyclic N) is 1. The number of amides is 2. The molecule has 1 aromatic carbocycles. The molecule has 9 heteroatoms. The van der Waals surface area contributed by atoms with Crippen LogP contribution in [-0.2, 0) is 9.59 Å². The van der Waals surface area contributed by atoms with E-state index in [1.807, 2.05) is 6.07 Å². The minimum atomic E-state index is -0.472. The lowest BCUT2D eigenvalue weighted by molar-refractivity contribution is -0.137. The van der Waals surface area contributed by atoms with E-state index in [0.717, 1.165) is 10.4 Å². The molecule has 0 atom stereocenters. The molecule has 1 aliphatic heterocycles. The number of rotatable bonds is 4. The maximum atomic E-state index is 12.2. The summed E-state index contributed by atoms with van der Waals surface area (Å²) in [6.07, 6.45) is 2.78. The van der Waals surface area contributed by atoms with E-state index in [9.17, 15) is 9.59 Å². The Morgan fingerprint density at radius 3 is 2.86 bits per heavy atom. The predicted molar refractivity (Wildman–Crippen MR) is 87.0 cm³/mol. The lowest BCUT2D eigenvalue weighted by Gasteiger charge is -2.15. The van der Waals surface area contributed by atoms with Crippen molar-refractivity contribution in [3.05, 3.63) is 33.1 Å². The van der Waals surface area contributed by atoms with Crippen LogP contribution in [-0.4, -0.2) is 44.9 Å². The summed E-state index contributed by atoms with van der Waals surface area (Å²) >= 11 is 6.87. The van der Waals surface area contributed by atoms with Crippen molar-refractivity contribution in [2.24, 2.45) is 0 Å². The average Bonchev–Trinajstić information content (AvgIpc) is 3.04. The van der Waals surface area contributed by atoms with Gasteiger partial charge >= 0.3 is 0 Å². The highest BCUT2D eigenvalue weighted by atomic mass is 79.9. The van der Waals surface area contributed by atoms with Crippen LogP contribution in [0.4, 0.5) is 5.69 Å². The zero-order valence-electron chi connectivity index (χ0n) is 11.1. The Morgan fingerprint density at radius 2 is 2.14 bits per heavy atom. The number of fused-ring (bicyclic) bond motifs is 1. The van der Waals surface area contributed by atoms with Crippen LogP contribution in [0.15, 0.2) is 33.1 Å². The first-order valence-corrected chi connectivity index (χ1v) is 7.88. The molecule has 0 fully saturated rings. The topological polar surface area (TPSA) is 98.3 Å². The number of benzene rings is 1. The van der Waals surface area contributed by atoms with E-state index in [2.05, 4.69) is 47.1 Å². The maximum absolute atomic E-state index is 12.2. The van der Waals surface area contributed by atoms with Crippen LogP contribution in [0.2, 0.25) is 0 Å². The van der Waals surface area contributed by atoms with Gasteiger partial charge in [0.1, 0.15) is 11.2 Å². The molecule has 0 spiro atoms. The van der Waals surface area contributed by atoms with Crippen LogP contribution >= 0.6 is 31.9 Å². The van der Waals surface area contributed by atoms with Gasteiger partial charge in [0.25, 0.3) is 11.8 Å². The Labute approximate surface area is 141 Å². The first-order valence-electron chi connectivity index (χ1n) is 6.29. The summed E-state index contributed by atoms with van der Waals surface area (Å²) < 4.78 is 1.37. The molecular formula is C13H10Br2N4O3. The second-order valence-electron chi connectivity index (χ2n) is 4.55. The molecule has 1 aliphatic rings. The van der Waals surface area contributed by atoms with Crippen molar-refractivity contribution in [1.82, 2.24) is 14.9 Å². The minimum Gasteiger partial charge on any atom is -0.395 e. The fourth-order valence-corrected chi connectivity index (χ4v) is 3.59. The molecule has 0 radical (unpaired) electrons. The number of nitrogens with zero attached hydrogens (tertiary/aromatic N) is 2. The van der Waals surface area contributed by atoms with Crippen LogP contribution in [0, 0.1) is 0 Å². The number of hydrogen-bond acceptors (Lipinski definition) is 5. The summed E-state index contributed by atoms with van der Waals surface area (Å²) in [5, 5.41) is 11.9. The third-order valence-electron chi connectivity index (χ3n) is 3.20. The second kappa shape index (κ2) is 5.82. The number of halogens is 2. The Balaban J connectivity index is 1.96. The minimum absolute atomic E-state index is 0.0277. The van der Waals surface area contributed by atoms with E-state index < -0.39 is 11.8 Å². The maximum Gasteiger partial charge on any atom is 0.277 e. The second-order valence-corrected chi connectivity index (χ2v) is 6.20. The van der Waals surface area contributed by atoms with Crippen molar-refractivity contribution in [3.63, 3.8) is 0 Å². The molecule has 114 valence electrons. The Bertz CT molecular complexity index is 815. The van der Waals surface area contributed by atoms with Crippen molar-refractivity contribution in [1.29, 1.82) is 0 Å². The van der Waals surface area contributed by atoms with Crippen LogP contribution < -0.4 is 5.32 Å². The van der Waals surface area contributed by atoms with Gasteiger partial charge in [-0.25, -0.2) is 4.98 Å². The number of aromatic amines is 1. The summed E-state index contributed by atoms with van der Waals surface area (Å²) in [6, 6.07) is 1.82. The molecule has 0 aliphatic carbocycles. The number of aliphatic hydroxyl groups excluding tert-OH is 1. The van der Waals surface area contributed by atoms with Crippen molar-refractivity contribution < 1.29 is 14.7 Å². The van der Waals surface area contributed by atoms with Crippen molar-refractivity contribution in [3.8, 4) is 0 Å². The van der Waals surface area contributed by atoms with Gasteiger partial charge in [-0.1, -0.05) is 0 Å². The molecular weight excluding hydrogens is 420 g/mol. The molecule has 0 unspecified atom stereocenters. The molecule has 2 amide bonds. The van der Waals surface area contributed by atoms with Gasteiger partial charge < -0.3 is 15.4 Å². The summed E-state index contributed by atoms with van der Waals surface area (Å²) in [7, 11) is 0. The van der Waals surface area contributed by atoms with E-state index in [1.165, 1.54) is 6.08 Å². The molecule has 0 saturated carbocycles. The monoisotopic (exact) mass is 428 g/mol. The summed E-state index contributed by atoms with van der Waals surface area (Å²) in [6.45, 7) is -0.300. The number of hydrogen-bond donors (Lipinski definition) is 3. The van der Waals surface area contributed by atoms with Crippen molar-refractivity contribution >= 4 is 60.4 Å². The van der Waals surface area contributed by atoms with Crippen LogP contribution in [0.3, 0.4) is 0 Å². The summed E-state index contributed by atoms with van der Waals surface area (Å²) in [5.74, 6) is -0.922. The molecule has 7 nitrogen and oxygen atoms in total. The first kappa shape index (κ1) is 15.2. The van der Waals surface area contributed by atoms with Gasteiger partial charge in [-0.05, 0) is 37.9 Å². The Morgan fingerprint density at radius 1 is 1.36 bits per heavy atom. The molecule has 2 heterocycles. The number of aromatic nitrogens is 2. The number of H-pyrrole nitrogens is 1. The molecule has 1 aromatic heterocycles. The third kappa shape index (κ3) is 2.44. The molecule has 3 rings (SSSR count). The summed E-state index contributed by atoms with van der Waals surface area (Å²) in [5.41, 5.74) is 2.27. The molecule has 3 N–H and O–H groups in total. The van der Waals surface area contributed by atoms with Crippen molar-refractivity contribution in [2.75, 3.05) is 18.5 Å². The SMILES string of the molecule is O=C1C=C(Nc2c(Br)cc3[nH]cnc3c2Br)C(=O)N1CCO. The van der Waals surface area contributed by atoms with Gasteiger partial charge in [0.2, 0.25) is 0 Å². The third-order valence-corrected chi connectivity index (χ3v) is 4.60. The van der Waals surface area contributed by atoms with E-state index >= 15 is 0 Å². The largest absolute Gasteiger partial charge is 0.395 e. The fourth-order valence-electron chi connectivity index (χ4n) is 2.17. The zero-order chi connectivity index (χ0) is 15.9. The van der Waals surface area contributed by atoms with E-state index in [0.29, 0.717) is 20.1 Å². The zero-order valence-corrected chi connectivity index (χ0v) is 14.2. The number of aliphatic hydroxyl groups is 1. The fraction of sp³-hybridized carbons (Fsp3) is 0.154. The van der Waals surface area contributed by atoms with E-state index in [-0.39, 0.29) is 18.8 Å².